The molecule has 1 heterocycles. The number of thioether (sulfide) groups is 1. The van der Waals surface area contributed by atoms with E-state index < -0.39 is 8.07 Å². The Bertz CT molecular complexity index is 522. The highest BCUT2D eigenvalue weighted by Gasteiger charge is 2.16. The van der Waals surface area contributed by atoms with Crippen molar-refractivity contribution in [2.24, 2.45) is 0 Å². The van der Waals surface area contributed by atoms with Crippen LogP contribution in [0.4, 0.5) is 0 Å². The third-order valence-electron chi connectivity index (χ3n) is 2.13. The van der Waals surface area contributed by atoms with Crippen molar-refractivity contribution < 1.29 is 4.42 Å². The van der Waals surface area contributed by atoms with E-state index >= 15 is 0 Å². The first-order valence-electron chi connectivity index (χ1n) is 5.66. The Morgan fingerprint density at radius 3 is 2.44 bits per heavy atom. The van der Waals surface area contributed by atoms with Crippen LogP contribution in [-0.2, 0) is 0 Å². The fourth-order valence-corrected chi connectivity index (χ4v) is 3.84. The summed E-state index contributed by atoms with van der Waals surface area (Å²) in [6.45, 7) is 6.95. The average molecular weight is 299 g/mol. The highest BCUT2D eigenvalue weighted by molar-refractivity contribution is 8.00. The van der Waals surface area contributed by atoms with Crippen molar-refractivity contribution in [3.63, 3.8) is 0 Å². The molecule has 0 unspecified atom stereocenters. The van der Waals surface area contributed by atoms with Gasteiger partial charge in [0.05, 0.1) is 8.07 Å². The van der Waals surface area contributed by atoms with Gasteiger partial charge < -0.3 is 4.42 Å². The fraction of sp³-hybridized carbons (Fsp3) is 0.333. The standard InChI is InChI=1S/C12H15ClN2OSSi/c1-18(2,3)8-17-12-15-14-11(16-12)9-4-6-10(13)7-5-9/h4-7H,8H2,1-3H3. The first-order valence-corrected chi connectivity index (χ1v) is 10.7. The third-order valence-corrected chi connectivity index (χ3v) is 6.83. The van der Waals surface area contributed by atoms with Gasteiger partial charge in [-0.2, -0.15) is 0 Å². The average Bonchev–Trinajstić information content (AvgIpc) is 2.75. The van der Waals surface area contributed by atoms with Crippen LogP contribution in [0.2, 0.25) is 24.7 Å². The summed E-state index contributed by atoms with van der Waals surface area (Å²) in [4.78, 5) is 0. The van der Waals surface area contributed by atoms with Crippen molar-refractivity contribution in [1.82, 2.24) is 10.2 Å². The van der Waals surface area contributed by atoms with Crippen LogP contribution < -0.4 is 0 Å². The van der Waals surface area contributed by atoms with E-state index in [4.69, 9.17) is 16.0 Å². The third kappa shape index (κ3) is 3.86. The maximum atomic E-state index is 5.84. The predicted octanol–water partition coefficient (Wildman–Crippen LogP) is 4.36. The summed E-state index contributed by atoms with van der Waals surface area (Å²) >= 11 is 7.48. The number of hydrogen-bond donors (Lipinski definition) is 0. The molecule has 0 radical (unpaired) electrons. The second-order valence-corrected chi connectivity index (χ2v) is 12.6. The van der Waals surface area contributed by atoms with Gasteiger partial charge in [0.15, 0.2) is 0 Å². The molecule has 6 heteroatoms. The minimum atomic E-state index is -1.10. The topological polar surface area (TPSA) is 38.9 Å². The maximum Gasteiger partial charge on any atom is 0.276 e. The van der Waals surface area contributed by atoms with E-state index in [1.54, 1.807) is 11.8 Å². The van der Waals surface area contributed by atoms with Crippen LogP contribution in [0.5, 0.6) is 0 Å². The number of aromatic nitrogens is 2. The summed E-state index contributed by atoms with van der Waals surface area (Å²) in [5.74, 6) is 0.546. The van der Waals surface area contributed by atoms with Gasteiger partial charge in [-0.1, -0.05) is 43.0 Å². The van der Waals surface area contributed by atoms with Crippen LogP contribution in [0.15, 0.2) is 33.9 Å². The zero-order valence-electron chi connectivity index (χ0n) is 10.6. The maximum absolute atomic E-state index is 5.84. The van der Waals surface area contributed by atoms with Crippen LogP contribution in [0, 0.1) is 0 Å². The highest BCUT2D eigenvalue weighted by Crippen LogP contribution is 2.25. The summed E-state index contributed by atoms with van der Waals surface area (Å²) in [5, 5.41) is 10.5. The molecule has 0 aliphatic rings. The van der Waals surface area contributed by atoms with Crippen LogP contribution in [0.3, 0.4) is 0 Å². The zero-order valence-corrected chi connectivity index (χ0v) is 13.2. The SMILES string of the molecule is C[Si](C)(C)CSc1nnc(-c2ccc(Cl)cc2)o1. The van der Waals surface area contributed by atoms with Gasteiger partial charge in [0, 0.05) is 10.6 Å². The van der Waals surface area contributed by atoms with Crippen molar-refractivity contribution in [3.05, 3.63) is 29.3 Å². The number of halogens is 1. The Morgan fingerprint density at radius 1 is 1.17 bits per heavy atom. The molecule has 0 aliphatic heterocycles. The van der Waals surface area contributed by atoms with Crippen molar-refractivity contribution in [1.29, 1.82) is 0 Å². The molecule has 0 saturated carbocycles. The van der Waals surface area contributed by atoms with E-state index in [-0.39, 0.29) is 0 Å². The van der Waals surface area contributed by atoms with Gasteiger partial charge in [0.1, 0.15) is 0 Å². The number of rotatable bonds is 4. The van der Waals surface area contributed by atoms with Gasteiger partial charge in [-0.05, 0) is 29.6 Å². The lowest BCUT2D eigenvalue weighted by Crippen LogP contribution is -2.23. The summed E-state index contributed by atoms with van der Waals surface area (Å²) in [6, 6.07) is 7.39. The Kier molecular flexibility index (Phi) is 4.14. The minimum Gasteiger partial charge on any atom is -0.411 e. The van der Waals surface area contributed by atoms with Gasteiger partial charge in [0.2, 0.25) is 5.89 Å². The lowest BCUT2D eigenvalue weighted by Gasteiger charge is -2.12. The molecule has 18 heavy (non-hydrogen) atoms. The van der Waals surface area contributed by atoms with E-state index in [9.17, 15) is 0 Å². The largest absolute Gasteiger partial charge is 0.411 e. The van der Waals surface area contributed by atoms with Crippen molar-refractivity contribution in [2.45, 2.75) is 24.9 Å². The fourth-order valence-electron chi connectivity index (χ4n) is 1.26. The van der Waals surface area contributed by atoms with Gasteiger partial charge in [-0.3, -0.25) is 0 Å². The van der Waals surface area contributed by atoms with Gasteiger partial charge >= 0.3 is 0 Å². The van der Waals surface area contributed by atoms with Gasteiger partial charge in [-0.15, -0.1) is 10.2 Å². The second kappa shape index (κ2) is 5.46. The van der Waals surface area contributed by atoms with E-state index in [2.05, 4.69) is 29.8 Å². The minimum absolute atomic E-state index is 0.546. The normalized spacial score (nSPS) is 11.8. The van der Waals surface area contributed by atoms with Gasteiger partial charge in [0.25, 0.3) is 5.22 Å². The molecule has 1 aromatic heterocycles. The van der Waals surface area contributed by atoms with E-state index in [1.807, 2.05) is 24.3 Å². The number of nitrogens with zero attached hydrogens (tertiary/aromatic N) is 2. The molecule has 0 aliphatic carbocycles. The smallest absolute Gasteiger partial charge is 0.276 e. The summed E-state index contributed by atoms with van der Waals surface area (Å²) in [6.07, 6.45) is 0. The molecular formula is C12H15ClN2OSSi. The molecule has 2 aromatic rings. The zero-order chi connectivity index (χ0) is 13.2. The Morgan fingerprint density at radius 2 is 1.83 bits per heavy atom. The molecule has 3 nitrogen and oxygen atoms in total. The van der Waals surface area contributed by atoms with Gasteiger partial charge in [-0.25, -0.2) is 0 Å². The Hall–Kier alpha value is -0.783. The summed E-state index contributed by atoms with van der Waals surface area (Å²) in [7, 11) is -1.10. The summed E-state index contributed by atoms with van der Waals surface area (Å²) < 4.78 is 5.62. The lowest BCUT2D eigenvalue weighted by molar-refractivity contribution is 0.466. The highest BCUT2D eigenvalue weighted by atomic mass is 35.5. The molecule has 96 valence electrons. The molecule has 2 rings (SSSR count). The number of benzene rings is 1. The summed E-state index contributed by atoms with van der Waals surface area (Å²) in [5.41, 5.74) is 0.895. The lowest BCUT2D eigenvalue weighted by atomic mass is 10.2. The van der Waals surface area contributed by atoms with Crippen LogP contribution in [-0.4, -0.2) is 23.6 Å². The molecule has 0 saturated heterocycles. The molecule has 0 fully saturated rings. The molecule has 0 N–H and O–H groups in total. The molecule has 0 bridgehead atoms. The molecule has 0 atom stereocenters. The second-order valence-electron chi connectivity index (χ2n) is 5.23. The van der Waals surface area contributed by atoms with E-state index in [0.717, 1.165) is 10.9 Å². The monoisotopic (exact) mass is 298 g/mol. The van der Waals surface area contributed by atoms with Crippen molar-refractivity contribution in [2.75, 3.05) is 5.38 Å². The Labute approximate surface area is 117 Å². The molecule has 0 spiro atoms. The van der Waals surface area contributed by atoms with Crippen molar-refractivity contribution in [3.8, 4) is 11.5 Å². The predicted molar refractivity (Wildman–Crippen MR) is 78.8 cm³/mol. The number of hydrogen-bond acceptors (Lipinski definition) is 4. The molecule has 1 aromatic carbocycles. The van der Waals surface area contributed by atoms with Crippen LogP contribution in [0.25, 0.3) is 11.5 Å². The quantitative estimate of drug-likeness (QED) is 0.621. The van der Waals surface area contributed by atoms with E-state index in [1.165, 1.54) is 0 Å². The van der Waals surface area contributed by atoms with Crippen LogP contribution >= 0.6 is 23.4 Å². The first-order chi connectivity index (χ1) is 8.44. The van der Waals surface area contributed by atoms with Crippen LogP contribution in [0.1, 0.15) is 0 Å². The van der Waals surface area contributed by atoms with Crippen molar-refractivity contribution >= 4 is 31.4 Å². The molecule has 0 amide bonds. The Balaban J connectivity index is 2.08. The van der Waals surface area contributed by atoms with E-state index in [0.29, 0.717) is 16.1 Å². The molecular weight excluding hydrogens is 284 g/mol. The first kappa shape index (κ1) is 13.6.